The largest absolute Gasteiger partial charge is 0.507 e. The quantitative estimate of drug-likeness (QED) is 0.407. The third-order valence-corrected chi connectivity index (χ3v) is 4.15. The molecule has 0 aliphatic heterocycles. The number of phenols is 1. The molecule has 0 spiro atoms. The van der Waals surface area contributed by atoms with Crippen LogP contribution in [0.1, 0.15) is 15.9 Å². The fraction of sp³-hybridized carbons (Fsp3) is 0.111. The number of carbonyl (C=O) groups is 2. The molecule has 8 nitrogen and oxygen atoms in total. The Kier molecular flexibility index (Phi) is 5.32. The van der Waals surface area contributed by atoms with Crippen LogP contribution in [0, 0.1) is 11.7 Å². The highest BCUT2D eigenvalue weighted by molar-refractivity contribution is 7.71. The van der Waals surface area contributed by atoms with Gasteiger partial charge in [0.2, 0.25) is 0 Å². The van der Waals surface area contributed by atoms with Gasteiger partial charge in [-0.1, -0.05) is 42.0 Å². The Labute approximate surface area is 159 Å². The first-order chi connectivity index (χ1) is 13.0. The highest BCUT2D eigenvalue weighted by atomic mass is 32.1. The number of hydrogen-bond donors (Lipinski definition) is 4. The molecule has 3 rings (SSSR count). The van der Waals surface area contributed by atoms with Crippen LogP contribution in [-0.2, 0) is 11.3 Å². The Hall–Kier alpha value is -3.46. The first kappa shape index (κ1) is 18.3. The summed E-state index contributed by atoms with van der Waals surface area (Å²) in [6.07, 6.45) is 0. The lowest BCUT2D eigenvalue weighted by atomic mass is 10.1. The minimum absolute atomic E-state index is 0.0538. The van der Waals surface area contributed by atoms with Crippen molar-refractivity contribution >= 4 is 24.0 Å². The van der Waals surface area contributed by atoms with Gasteiger partial charge in [-0.25, -0.2) is 0 Å². The Morgan fingerprint density at radius 3 is 2.56 bits per heavy atom. The molecule has 0 saturated carbocycles. The molecule has 3 aromatic rings. The molecule has 0 unspecified atom stereocenters. The van der Waals surface area contributed by atoms with Crippen molar-refractivity contribution in [3.8, 4) is 17.1 Å². The van der Waals surface area contributed by atoms with Gasteiger partial charge in [-0.2, -0.15) is 5.10 Å². The van der Waals surface area contributed by atoms with Gasteiger partial charge in [-0.3, -0.25) is 30.1 Å². The van der Waals surface area contributed by atoms with Crippen LogP contribution in [0.5, 0.6) is 5.75 Å². The molecule has 0 aliphatic carbocycles. The lowest BCUT2D eigenvalue weighted by molar-refractivity contribution is -0.122. The second-order valence-corrected chi connectivity index (χ2v) is 6.21. The van der Waals surface area contributed by atoms with Crippen LogP contribution >= 0.6 is 12.2 Å². The van der Waals surface area contributed by atoms with E-state index in [1.54, 1.807) is 12.1 Å². The number of aromatic hydroxyl groups is 1. The van der Waals surface area contributed by atoms with E-state index in [-0.39, 0.29) is 22.6 Å². The zero-order valence-corrected chi connectivity index (χ0v) is 15.2. The van der Waals surface area contributed by atoms with Gasteiger partial charge in [0.15, 0.2) is 10.6 Å². The molecular weight excluding hydrogens is 366 g/mol. The van der Waals surface area contributed by atoms with Crippen molar-refractivity contribution < 1.29 is 14.7 Å². The number of amides is 2. The zero-order chi connectivity index (χ0) is 19.4. The number of nitrogens with zero attached hydrogens (tertiary/aromatic N) is 2. The number of H-pyrrole nitrogens is 1. The summed E-state index contributed by atoms with van der Waals surface area (Å²) in [5, 5.41) is 16.5. The van der Waals surface area contributed by atoms with Crippen LogP contribution in [0.25, 0.3) is 11.4 Å². The summed E-state index contributed by atoms with van der Waals surface area (Å²) in [6, 6.07) is 13.7. The van der Waals surface area contributed by atoms with Crippen LogP contribution in [-0.4, -0.2) is 31.7 Å². The second-order valence-electron chi connectivity index (χ2n) is 5.82. The Balaban J connectivity index is 1.69. The number of aromatic amines is 1. The molecule has 0 fully saturated rings. The number of hydrogen-bond acceptors (Lipinski definition) is 5. The molecule has 2 aromatic carbocycles. The number of aryl methyl sites for hydroxylation is 1. The van der Waals surface area contributed by atoms with Gasteiger partial charge in [0.05, 0.1) is 5.56 Å². The molecule has 0 saturated heterocycles. The van der Waals surface area contributed by atoms with Crippen LogP contribution in [0.3, 0.4) is 0 Å². The molecule has 2 amide bonds. The molecule has 138 valence electrons. The Morgan fingerprint density at radius 2 is 1.85 bits per heavy atom. The molecule has 0 radical (unpaired) electrons. The minimum atomic E-state index is -0.629. The fourth-order valence-electron chi connectivity index (χ4n) is 2.43. The van der Waals surface area contributed by atoms with Crippen molar-refractivity contribution in [2.24, 2.45) is 0 Å². The highest BCUT2D eigenvalue weighted by Crippen LogP contribution is 2.18. The van der Waals surface area contributed by atoms with Gasteiger partial charge in [-0.15, -0.1) is 0 Å². The number of rotatable bonds is 4. The zero-order valence-electron chi connectivity index (χ0n) is 14.4. The third-order valence-electron chi connectivity index (χ3n) is 3.83. The van der Waals surface area contributed by atoms with Gasteiger partial charge in [0.1, 0.15) is 12.3 Å². The molecular formula is C18H17N5O3S. The molecule has 0 bridgehead atoms. The van der Waals surface area contributed by atoms with E-state index >= 15 is 0 Å². The smallest absolute Gasteiger partial charge is 0.273 e. The molecule has 0 aliphatic rings. The maximum atomic E-state index is 12.2. The van der Waals surface area contributed by atoms with E-state index in [0.29, 0.717) is 5.82 Å². The molecule has 1 aromatic heterocycles. The predicted octanol–water partition coefficient (Wildman–Crippen LogP) is 2.08. The van der Waals surface area contributed by atoms with Crippen molar-refractivity contribution in [2.45, 2.75) is 13.5 Å². The van der Waals surface area contributed by atoms with E-state index in [9.17, 15) is 14.7 Å². The monoisotopic (exact) mass is 383 g/mol. The average Bonchev–Trinajstić information content (AvgIpc) is 3.01. The lowest BCUT2D eigenvalue weighted by Gasteiger charge is -2.10. The maximum absolute atomic E-state index is 12.2. The average molecular weight is 383 g/mol. The number of nitrogens with one attached hydrogen (secondary N) is 3. The van der Waals surface area contributed by atoms with Gasteiger partial charge >= 0.3 is 0 Å². The van der Waals surface area contributed by atoms with E-state index in [0.717, 1.165) is 11.1 Å². The van der Waals surface area contributed by atoms with Crippen LogP contribution in [0.15, 0.2) is 48.5 Å². The van der Waals surface area contributed by atoms with E-state index in [1.807, 2.05) is 31.2 Å². The van der Waals surface area contributed by atoms with Gasteiger partial charge in [0, 0.05) is 5.56 Å². The maximum Gasteiger partial charge on any atom is 0.273 e. The molecule has 1 heterocycles. The van der Waals surface area contributed by atoms with E-state index in [1.165, 1.54) is 16.7 Å². The van der Waals surface area contributed by atoms with E-state index in [2.05, 4.69) is 21.0 Å². The van der Waals surface area contributed by atoms with Gasteiger partial charge in [-0.05, 0) is 31.3 Å². The predicted molar refractivity (Wildman–Crippen MR) is 101 cm³/mol. The number of para-hydroxylation sites is 1. The van der Waals surface area contributed by atoms with Crippen LogP contribution in [0.4, 0.5) is 0 Å². The van der Waals surface area contributed by atoms with Crippen molar-refractivity contribution in [1.82, 2.24) is 25.6 Å². The first-order valence-electron chi connectivity index (χ1n) is 8.05. The van der Waals surface area contributed by atoms with E-state index < -0.39 is 11.8 Å². The summed E-state index contributed by atoms with van der Waals surface area (Å²) in [7, 11) is 0. The molecule has 0 atom stereocenters. The molecule has 27 heavy (non-hydrogen) atoms. The Morgan fingerprint density at radius 1 is 1.15 bits per heavy atom. The van der Waals surface area contributed by atoms with Crippen molar-refractivity contribution in [1.29, 1.82) is 0 Å². The van der Waals surface area contributed by atoms with Crippen molar-refractivity contribution in [3.63, 3.8) is 0 Å². The molecule has 4 N–H and O–H groups in total. The number of benzene rings is 2. The fourth-order valence-corrected chi connectivity index (χ4v) is 2.63. The second kappa shape index (κ2) is 7.83. The summed E-state index contributed by atoms with van der Waals surface area (Å²) < 4.78 is 1.81. The van der Waals surface area contributed by atoms with Gasteiger partial charge < -0.3 is 5.11 Å². The summed E-state index contributed by atoms with van der Waals surface area (Å²) in [6.45, 7) is 1.83. The number of aromatic nitrogens is 3. The highest BCUT2D eigenvalue weighted by Gasteiger charge is 2.14. The lowest BCUT2D eigenvalue weighted by Crippen LogP contribution is -2.43. The number of phenolic OH excluding ortho intramolecular Hbond substituents is 1. The van der Waals surface area contributed by atoms with Crippen molar-refractivity contribution in [3.05, 3.63) is 64.4 Å². The van der Waals surface area contributed by atoms with Gasteiger partial charge in [0.25, 0.3) is 11.8 Å². The summed E-state index contributed by atoms with van der Waals surface area (Å²) in [5.41, 5.74) is 6.52. The number of carbonyl (C=O) groups excluding carboxylic acids is 2. The minimum Gasteiger partial charge on any atom is -0.507 e. The Bertz CT molecular complexity index is 1040. The first-order valence-corrected chi connectivity index (χ1v) is 8.46. The summed E-state index contributed by atoms with van der Waals surface area (Å²) >= 11 is 5.19. The summed E-state index contributed by atoms with van der Waals surface area (Å²) in [4.78, 5) is 24.3. The van der Waals surface area contributed by atoms with Crippen LogP contribution in [0.2, 0.25) is 0 Å². The normalized spacial score (nSPS) is 10.4. The topological polar surface area (TPSA) is 112 Å². The van der Waals surface area contributed by atoms with Crippen LogP contribution < -0.4 is 10.9 Å². The van der Waals surface area contributed by atoms with Crippen molar-refractivity contribution in [2.75, 3.05) is 0 Å². The third kappa shape index (κ3) is 4.21. The number of hydrazine groups is 1. The SMILES string of the molecule is Cc1ccc(-c2n[nH]c(=S)n2CC(=O)NNC(=O)c2ccccc2O)cc1. The summed E-state index contributed by atoms with van der Waals surface area (Å²) in [5.74, 6) is -0.786. The standard InChI is InChI=1S/C18H17N5O3S/c1-11-6-8-12(9-7-11)16-20-22-18(27)23(16)10-15(25)19-21-17(26)13-4-2-3-5-14(13)24/h2-9,24H,10H2,1H3,(H,19,25)(H,21,26)(H,22,27). The van der Waals surface area contributed by atoms with E-state index in [4.69, 9.17) is 12.2 Å². The molecule has 9 heteroatoms.